The minimum absolute atomic E-state index is 0.257. The highest BCUT2D eigenvalue weighted by molar-refractivity contribution is 8.00. The van der Waals surface area contributed by atoms with Crippen LogP contribution in [0.2, 0.25) is 5.02 Å². The van der Waals surface area contributed by atoms with Crippen molar-refractivity contribution in [2.45, 2.75) is 4.90 Å². The third kappa shape index (κ3) is 3.53. The van der Waals surface area contributed by atoms with Crippen molar-refractivity contribution < 1.29 is 8.78 Å². The average molecular weight is 362 g/mol. The third-order valence-corrected chi connectivity index (χ3v) is 4.38. The summed E-state index contributed by atoms with van der Waals surface area (Å²) < 4.78 is 30.1. The molecule has 0 aliphatic carbocycles. The molecule has 3 nitrogen and oxygen atoms in total. The molecule has 0 bridgehead atoms. The Hall–Kier alpha value is -2.49. The lowest BCUT2D eigenvalue weighted by Gasteiger charge is -2.05. The zero-order valence-electron chi connectivity index (χ0n) is 12.1. The normalized spacial score (nSPS) is 10.4. The fourth-order valence-corrected chi connectivity index (χ4v) is 2.98. The highest BCUT2D eigenvalue weighted by atomic mass is 35.5. The van der Waals surface area contributed by atoms with E-state index in [1.165, 1.54) is 42.3 Å². The standard InChI is InChI=1S/C17H10ClF2N3S/c18-14-3-2-11(19)6-13(14)17-7-12(9-22-17)24-23-16-4-1-10(8-21)5-15(16)20/h1-7,9,22-23H. The molecule has 1 aromatic heterocycles. The highest BCUT2D eigenvalue weighted by Gasteiger charge is 2.09. The second kappa shape index (κ2) is 6.95. The lowest BCUT2D eigenvalue weighted by molar-refractivity contribution is 0.628. The molecule has 0 aliphatic rings. The van der Waals surface area contributed by atoms with Gasteiger partial charge in [-0.25, -0.2) is 8.78 Å². The Balaban J connectivity index is 1.75. The number of nitriles is 1. The molecule has 120 valence electrons. The summed E-state index contributed by atoms with van der Waals surface area (Å²) in [6.45, 7) is 0. The quantitative estimate of drug-likeness (QED) is 0.594. The molecule has 2 aromatic carbocycles. The number of aromatic nitrogens is 1. The van der Waals surface area contributed by atoms with Gasteiger partial charge in [-0.2, -0.15) is 5.26 Å². The van der Waals surface area contributed by atoms with Gasteiger partial charge in [0.05, 0.1) is 22.3 Å². The van der Waals surface area contributed by atoms with Crippen LogP contribution in [0.3, 0.4) is 0 Å². The van der Waals surface area contributed by atoms with E-state index in [4.69, 9.17) is 16.9 Å². The second-order valence-corrected chi connectivity index (χ2v) is 6.17. The fraction of sp³-hybridized carbons (Fsp3) is 0. The van der Waals surface area contributed by atoms with Gasteiger partial charge in [0, 0.05) is 22.3 Å². The van der Waals surface area contributed by atoms with Gasteiger partial charge in [-0.1, -0.05) is 11.6 Å². The Morgan fingerprint density at radius 1 is 1.12 bits per heavy atom. The van der Waals surface area contributed by atoms with Crippen molar-refractivity contribution in [2.24, 2.45) is 0 Å². The topological polar surface area (TPSA) is 51.6 Å². The number of hydrogen-bond donors (Lipinski definition) is 2. The Labute approximate surface area is 146 Å². The summed E-state index contributed by atoms with van der Waals surface area (Å²) in [5, 5.41) is 9.16. The maximum absolute atomic E-state index is 13.8. The predicted molar refractivity (Wildman–Crippen MR) is 91.8 cm³/mol. The Bertz CT molecular complexity index is 934. The molecule has 2 N–H and O–H groups in total. The van der Waals surface area contributed by atoms with Gasteiger partial charge in [0.25, 0.3) is 0 Å². The molecule has 0 spiro atoms. The van der Waals surface area contributed by atoms with Crippen LogP contribution in [0.25, 0.3) is 11.3 Å². The molecule has 0 aliphatic heterocycles. The number of anilines is 1. The number of rotatable bonds is 4. The van der Waals surface area contributed by atoms with Crippen LogP contribution in [-0.4, -0.2) is 4.98 Å². The van der Waals surface area contributed by atoms with Gasteiger partial charge in [0.15, 0.2) is 0 Å². The van der Waals surface area contributed by atoms with Crippen LogP contribution >= 0.6 is 23.5 Å². The molecule has 24 heavy (non-hydrogen) atoms. The van der Waals surface area contributed by atoms with Crippen LogP contribution in [-0.2, 0) is 0 Å². The fourth-order valence-electron chi connectivity index (χ4n) is 2.07. The van der Waals surface area contributed by atoms with Crippen LogP contribution in [0.1, 0.15) is 5.56 Å². The first-order valence-corrected chi connectivity index (χ1v) is 8.02. The Morgan fingerprint density at radius 2 is 1.96 bits per heavy atom. The van der Waals surface area contributed by atoms with Crippen molar-refractivity contribution in [3.63, 3.8) is 0 Å². The zero-order valence-corrected chi connectivity index (χ0v) is 13.7. The number of hydrogen-bond acceptors (Lipinski definition) is 3. The van der Waals surface area contributed by atoms with E-state index < -0.39 is 5.82 Å². The third-order valence-electron chi connectivity index (χ3n) is 3.25. The first kappa shape index (κ1) is 16.4. The van der Waals surface area contributed by atoms with E-state index >= 15 is 0 Å². The summed E-state index contributed by atoms with van der Waals surface area (Å²) in [6, 6.07) is 12.0. The van der Waals surface area contributed by atoms with Crippen molar-refractivity contribution >= 4 is 29.2 Å². The van der Waals surface area contributed by atoms with Crippen molar-refractivity contribution in [2.75, 3.05) is 4.72 Å². The summed E-state index contributed by atoms with van der Waals surface area (Å²) in [7, 11) is 0. The molecule has 3 aromatic rings. The number of nitrogens with zero attached hydrogens (tertiary/aromatic N) is 1. The molecule has 0 radical (unpaired) electrons. The maximum atomic E-state index is 13.8. The summed E-state index contributed by atoms with van der Waals surface area (Å²) in [4.78, 5) is 3.78. The zero-order chi connectivity index (χ0) is 17.1. The van der Waals surface area contributed by atoms with Crippen molar-refractivity contribution in [3.05, 3.63) is 70.9 Å². The first-order chi connectivity index (χ1) is 11.6. The van der Waals surface area contributed by atoms with E-state index in [1.807, 2.05) is 6.07 Å². The van der Waals surface area contributed by atoms with Gasteiger partial charge in [-0.15, -0.1) is 0 Å². The van der Waals surface area contributed by atoms with Crippen molar-refractivity contribution in [1.29, 1.82) is 5.26 Å². The van der Waals surface area contributed by atoms with E-state index in [2.05, 4.69) is 9.71 Å². The largest absolute Gasteiger partial charge is 0.360 e. The molecular weight excluding hydrogens is 352 g/mol. The number of aromatic amines is 1. The van der Waals surface area contributed by atoms with Crippen molar-refractivity contribution in [1.82, 2.24) is 4.98 Å². The molecular formula is C17H10ClF2N3S. The molecule has 0 saturated heterocycles. The van der Waals surface area contributed by atoms with Crippen LogP contribution < -0.4 is 4.72 Å². The summed E-state index contributed by atoms with van der Waals surface area (Å²) in [6.07, 6.45) is 1.70. The molecule has 0 unspecified atom stereocenters. The van der Waals surface area contributed by atoms with Crippen LogP contribution in [0.4, 0.5) is 14.5 Å². The number of H-pyrrole nitrogens is 1. The van der Waals surface area contributed by atoms with E-state index in [0.29, 0.717) is 16.3 Å². The average Bonchev–Trinajstić information content (AvgIpc) is 3.04. The lowest BCUT2D eigenvalue weighted by atomic mass is 10.1. The highest BCUT2D eigenvalue weighted by Crippen LogP contribution is 2.31. The summed E-state index contributed by atoms with van der Waals surface area (Å²) in [5.74, 6) is -0.888. The first-order valence-electron chi connectivity index (χ1n) is 6.83. The van der Waals surface area contributed by atoms with E-state index in [-0.39, 0.29) is 17.1 Å². The number of benzene rings is 2. The van der Waals surface area contributed by atoms with Crippen LogP contribution in [0, 0.1) is 23.0 Å². The summed E-state index contributed by atoms with van der Waals surface area (Å²) in [5.41, 5.74) is 1.73. The van der Waals surface area contributed by atoms with Crippen molar-refractivity contribution in [3.8, 4) is 17.3 Å². The summed E-state index contributed by atoms with van der Waals surface area (Å²) >= 11 is 7.26. The second-order valence-electron chi connectivity index (χ2n) is 4.88. The molecule has 0 amide bonds. The van der Waals surface area contributed by atoms with Gasteiger partial charge in [-0.3, -0.25) is 0 Å². The molecule has 3 rings (SSSR count). The Morgan fingerprint density at radius 3 is 2.71 bits per heavy atom. The predicted octanol–water partition coefficient (Wildman–Crippen LogP) is 5.60. The molecule has 7 heteroatoms. The van der Waals surface area contributed by atoms with Gasteiger partial charge < -0.3 is 9.71 Å². The SMILES string of the molecule is N#Cc1ccc(NSc2c[nH]c(-c3cc(F)ccc3Cl)c2)c(F)c1. The molecule has 0 saturated carbocycles. The molecule has 0 atom stereocenters. The minimum Gasteiger partial charge on any atom is -0.360 e. The van der Waals surface area contributed by atoms with Crippen LogP contribution in [0.5, 0.6) is 0 Å². The lowest BCUT2D eigenvalue weighted by Crippen LogP contribution is -1.91. The monoisotopic (exact) mass is 361 g/mol. The van der Waals surface area contributed by atoms with Gasteiger partial charge in [0.1, 0.15) is 11.6 Å². The molecule has 0 fully saturated rings. The maximum Gasteiger partial charge on any atom is 0.148 e. The van der Waals surface area contributed by atoms with Gasteiger partial charge in [0.2, 0.25) is 0 Å². The van der Waals surface area contributed by atoms with E-state index in [0.717, 1.165) is 11.0 Å². The van der Waals surface area contributed by atoms with Gasteiger partial charge in [-0.05, 0) is 54.4 Å². The molecule has 1 heterocycles. The number of halogens is 3. The number of nitrogens with one attached hydrogen (secondary N) is 2. The van der Waals surface area contributed by atoms with E-state index in [9.17, 15) is 8.78 Å². The smallest absolute Gasteiger partial charge is 0.148 e. The minimum atomic E-state index is -0.509. The van der Waals surface area contributed by atoms with Crippen LogP contribution in [0.15, 0.2) is 53.6 Å². The van der Waals surface area contributed by atoms with Gasteiger partial charge >= 0.3 is 0 Å². The van der Waals surface area contributed by atoms with E-state index in [1.54, 1.807) is 12.3 Å². The Kier molecular flexibility index (Phi) is 4.74.